The van der Waals surface area contributed by atoms with Crippen LogP contribution < -0.4 is 4.90 Å². The highest BCUT2D eigenvalue weighted by molar-refractivity contribution is 7.85. The number of anilines is 1. The van der Waals surface area contributed by atoms with E-state index in [9.17, 15) is 13.2 Å². The number of carbonyl (C=O) groups excluding carboxylic acids is 1. The van der Waals surface area contributed by atoms with Gasteiger partial charge in [0, 0.05) is 16.5 Å². The van der Waals surface area contributed by atoms with Crippen LogP contribution in [0.25, 0.3) is 10.2 Å². The third-order valence-electron chi connectivity index (χ3n) is 3.19. The van der Waals surface area contributed by atoms with E-state index in [0.29, 0.717) is 0 Å². The number of nitrogens with zero attached hydrogens (tertiary/aromatic N) is 2. The van der Waals surface area contributed by atoms with Crippen LogP contribution in [0.1, 0.15) is 5.69 Å². The molecule has 1 unspecified atom stereocenters. The van der Waals surface area contributed by atoms with Gasteiger partial charge >= 0.3 is 6.09 Å². The number of thiophene rings is 1. The van der Waals surface area contributed by atoms with Crippen molar-refractivity contribution in [3.63, 3.8) is 0 Å². The number of amides is 1. The standard InChI is InChI=1S/C13H14N2O5S2/c1-8-3-4-10-11(7-21-12(10)14-8)15-5-9(20-13(15)16)6-19-22(2,17)18/h3-4,7,9H,5-6H2,1-2H3. The van der Waals surface area contributed by atoms with E-state index in [2.05, 4.69) is 9.17 Å². The Morgan fingerprint density at radius 2 is 2.27 bits per heavy atom. The summed E-state index contributed by atoms with van der Waals surface area (Å²) in [5.74, 6) is 0. The molecule has 0 radical (unpaired) electrons. The van der Waals surface area contributed by atoms with Gasteiger partial charge in [-0.2, -0.15) is 8.42 Å². The van der Waals surface area contributed by atoms with Crippen molar-refractivity contribution in [2.24, 2.45) is 0 Å². The Hall–Kier alpha value is -1.71. The summed E-state index contributed by atoms with van der Waals surface area (Å²) >= 11 is 1.45. The van der Waals surface area contributed by atoms with Gasteiger partial charge in [0.15, 0.2) is 0 Å². The van der Waals surface area contributed by atoms with E-state index in [0.717, 1.165) is 27.9 Å². The first-order valence-corrected chi connectivity index (χ1v) is 9.20. The van der Waals surface area contributed by atoms with Crippen molar-refractivity contribution in [2.45, 2.75) is 13.0 Å². The molecule has 1 atom stereocenters. The Balaban J connectivity index is 1.81. The van der Waals surface area contributed by atoms with Gasteiger partial charge in [-0.15, -0.1) is 11.3 Å². The number of fused-ring (bicyclic) bond motifs is 1. The number of ether oxygens (including phenoxy) is 1. The van der Waals surface area contributed by atoms with Crippen LogP contribution >= 0.6 is 11.3 Å². The predicted octanol–water partition coefficient (Wildman–Crippen LogP) is 1.91. The van der Waals surface area contributed by atoms with Crippen LogP contribution in [0.3, 0.4) is 0 Å². The second-order valence-corrected chi connectivity index (χ2v) is 7.53. The summed E-state index contributed by atoms with van der Waals surface area (Å²) in [6, 6.07) is 3.79. The van der Waals surface area contributed by atoms with Crippen molar-refractivity contribution >= 4 is 43.5 Å². The molecule has 22 heavy (non-hydrogen) atoms. The molecule has 2 aromatic heterocycles. The minimum absolute atomic E-state index is 0.180. The molecular formula is C13H14N2O5S2. The maximum atomic E-state index is 12.0. The molecular weight excluding hydrogens is 328 g/mol. The van der Waals surface area contributed by atoms with Gasteiger partial charge in [0.25, 0.3) is 10.1 Å². The van der Waals surface area contributed by atoms with Crippen molar-refractivity contribution in [3.8, 4) is 0 Å². The zero-order valence-electron chi connectivity index (χ0n) is 12.0. The fourth-order valence-corrected chi connectivity index (χ4v) is 3.58. The van der Waals surface area contributed by atoms with Crippen LogP contribution in [0.5, 0.6) is 0 Å². The molecule has 0 spiro atoms. The van der Waals surface area contributed by atoms with Gasteiger partial charge in [-0.1, -0.05) is 0 Å². The molecule has 7 nitrogen and oxygen atoms in total. The molecule has 1 saturated heterocycles. The molecule has 0 aliphatic carbocycles. The van der Waals surface area contributed by atoms with E-state index in [1.54, 1.807) is 0 Å². The first-order chi connectivity index (χ1) is 10.3. The highest BCUT2D eigenvalue weighted by atomic mass is 32.2. The van der Waals surface area contributed by atoms with Crippen molar-refractivity contribution in [2.75, 3.05) is 24.3 Å². The molecule has 0 bridgehead atoms. The van der Waals surface area contributed by atoms with Gasteiger partial charge in [-0.3, -0.25) is 9.08 Å². The Morgan fingerprint density at radius 3 is 3.00 bits per heavy atom. The van der Waals surface area contributed by atoms with E-state index < -0.39 is 22.3 Å². The summed E-state index contributed by atoms with van der Waals surface area (Å²) in [7, 11) is -3.56. The van der Waals surface area contributed by atoms with Gasteiger partial charge in [0.2, 0.25) is 0 Å². The molecule has 2 aromatic rings. The fraction of sp³-hybridized carbons (Fsp3) is 0.385. The molecule has 3 rings (SSSR count). The van der Waals surface area contributed by atoms with Crippen LogP contribution in [-0.4, -0.2) is 45.0 Å². The minimum atomic E-state index is -3.56. The molecule has 0 saturated carbocycles. The molecule has 1 aliphatic heterocycles. The van der Waals surface area contributed by atoms with E-state index in [1.807, 2.05) is 24.4 Å². The molecule has 1 amide bonds. The number of pyridine rings is 1. The molecule has 9 heteroatoms. The van der Waals surface area contributed by atoms with Crippen LogP contribution in [0.15, 0.2) is 17.5 Å². The lowest BCUT2D eigenvalue weighted by Gasteiger charge is -2.11. The Morgan fingerprint density at radius 1 is 1.50 bits per heavy atom. The Labute approximate surface area is 131 Å². The quantitative estimate of drug-likeness (QED) is 0.789. The van der Waals surface area contributed by atoms with Crippen molar-refractivity contribution in [3.05, 3.63) is 23.2 Å². The van der Waals surface area contributed by atoms with Gasteiger partial charge in [0.1, 0.15) is 17.5 Å². The number of aromatic nitrogens is 1. The highest BCUT2D eigenvalue weighted by Gasteiger charge is 2.34. The predicted molar refractivity (Wildman–Crippen MR) is 82.8 cm³/mol. The number of hydrogen-bond donors (Lipinski definition) is 0. The lowest BCUT2D eigenvalue weighted by molar-refractivity contribution is 0.107. The average molecular weight is 342 g/mol. The van der Waals surface area contributed by atoms with Crippen LogP contribution in [-0.2, 0) is 19.0 Å². The summed E-state index contributed by atoms with van der Waals surface area (Å²) in [4.78, 5) is 18.7. The van der Waals surface area contributed by atoms with Crippen molar-refractivity contribution in [1.29, 1.82) is 0 Å². The van der Waals surface area contributed by atoms with Crippen LogP contribution in [0.2, 0.25) is 0 Å². The summed E-state index contributed by atoms with van der Waals surface area (Å²) in [5, 5.41) is 2.72. The zero-order chi connectivity index (χ0) is 15.9. The summed E-state index contributed by atoms with van der Waals surface area (Å²) in [6.07, 6.45) is -0.167. The molecule has 3 heterocycles. The number of cyclic esters (lactones) is 1. The monoisotopic (exact) mass is 342 g/mol. The zero-order valence-corrected chi connectivity index (χ0v) is 13.6. The SMILES string of the molecule is Cc1ccc2c(N3CC(COS(C)(=O)=O)OC3=O)csc2n1. The third kappa shape index (κ3) is 3.06. The van der Waals surface area contributed by atoms with Crippen LogP contribution in [0.4, 0.5) is 10.5 Å². The van der Waals surface area contributed by atoms with Crippen molar-refractivity contribution in [1.82, 2.24) is 4.98 Å². The average Bonchev–Trinajstić information content (AvgIpc) is 2.98. The smallest absolute Gasteiger partial charge is 0.414 e. The molecule has 118 valence electrons. The molecule has 1 fully saturated rings. The van der Waals surface area contributed by atoms with Gasteiger partial charge in [-0.25, -0.2) is 9.78 Å². The molecule has 0 N–H and O–H groups in total. The number of carbonyl (C=O) groups is 1. The number of rotatable bonds is 4. The summed E-state index contributed by atoms with van der Waals surface area (Å²) in [6.45, 7) is 1.97. The normalized spacial score (nSPS) is 18.9. The maximum Gasteiger partial charge on any atom is 0.414 e. The van der Waals surface area contributed by atoms with E-state index in [4.69, 9.17) is 4.74 Å². The fourth-order valence-electron chi connectivity index (χ4n) is 2.21. The lowest BCUT2D eigenvalue weighted by Crippen LogP contribution is -2.26. The highest BCUT2D eigenvalue weighted by Crippen LogP contribution is 2.34. The first-order valence-electron chi connectivity index (χ1n) is 6.51. The number of hydrogen-bond acceptors (Lipinski definition) is 7. The van der Waals surface area contributed by atoms with E-state index in [1.165, 1.54) is 16.2 Å². The maximum absolute atomic E-state index is 12.0. The van der Waals surface area contributed by atoms with Gasteiger partial charge in [-0.05, 0) is 19.1 Å². The third-order valence-corrected chi connectivity index (χ3v) is 4.63. The van der Waals surface area contributed by atoms with Crippen LogP contribution in [0, 0.1) is 6.92 Å². The Bertz CT molecular complexity index is 830. The second-order valence-electron chi connectivity index (χ2n) is 5.03. The Kier molecular flexibility index (Phi) is 3.79. The minimum Gasteiger partial charge on any atom is -0.441 e. The summed E-state index contributed by atoms with van der Waals surface area (Å²) in [5.41, 5.74) is 1.63. The summed E-state index contributed by atoms with van der Waals surface area (Å²) < 4.78 is 31.8. The largest absolute Gasteiger partial charge is 0.441 e. The molecule has 1 aliphatic rings. The number of aryl methyl sites for hydroxylation is 1. The van der Waals surface area contributed by atoms with E-state index in [-0.39, 0.29) is 13.2 Å². The lowest BCUT2D eigenvalue weighted by atomic mass is 10.2. The first kappa shape index (κ1) is 15.2. The van der Waals surface area contributed by atoms with E-state index >= 15 is 0 Å². The molecule has 0 aromatic carbocycles. The topological polar surface area (TPSA) is 85.8 Å². The second kappa shape index (κ2) is 5.49. The van der Waals surface area contributed by atoms with Gasteiger partial charge in [0.05, 0.1) is 18.5 Å². The van der Waals surface area contributed by atoms with Crippen molar-refractivity contribution < 1.29 is 22.1 Å². The van der Waals surface area contributed by atoms with Gasteiger partial charge < -0.3 is 4.74 Å².